The minimum atomic E-state index is -0.351. The van der Waals surface area contributed by atoms with E-state index in [2.05, 4.69) is 26.5 Å². The van der Waals surface area contributed by atoms with Crippen molar-refractivity contribution in [2.24, 2.45) is 5.10 Å². The summed E-state index contributed by atoms with van der Waals surface area (Å²) >= 11 is 3.29. The molecule has 1 amide bonds. The third-order valence-corrected chi connectivity index (χ3v) is 3.03. The fraction of sp³-hybridized carbons (Fsp3) is 0. The number of aromatic hydroxyl groups is 1. The molecule has 0 saturated carbocycles. The fourth-order valence-corrected chi connectivity index (χ4v) is 1.87. The van der Waals surface area contributed by atoms with Gasteiger partial charge in [0.05, 0.1) is 6.21 Å². The van der Waals surface area contributed by atoms with Gasteiger partial charge in [-0.15, -0.1) is 0 Å². The van der Waals surface area contributed by atoms with Gasteiger partial charge in [0.15, 0.2) is 0 Å². The summed E-state index contributed by atoms with van der Waals surface area (Å²) in [7, 11) is 0. The largest absolute Gasteiger partial charge is 0.507 e. The number of phenols is 1. The number of halogens is 1. The summed E-state index contributed by atoms with van der Waals surface area (Å²) in [6, 6.07) is 11.4. The minimum Gasteiger partial charge on any atom is -0.507 e. The van der Waals surface area contributed by atoms with Gasteiger partial charge in [-0.05, 0) is 42.5 Å². The van der Waals surface area contributed by atoms with Gasteiger partial charge in [0, 0.05) is 21.3 Å². The molecule has 0 radical (unpaired) electrons. The molecule has 5 nitrogen and oxygen atoms in total. The van der Waals surface area contributed by atoms with Gasteiger partial charge in [0.1, 0.15) is 5.75 Å². The maximum Gasteiger partial charge on any atom is 0.271 e. The van der Waals surface area contributed by atoms with E-state index < -0.39 is 0 Å². The second-order valence-electron chi connectivity index (χ2n) is 4.02. The number of rotatable bonds is 3. The van der Waals surface area contributed by atoms with E-state index in [4.69, 9.17) is 5.73 Å². The van der Waals surface area contributed by atoms with Crippen molar-refractivity contribution < 1.29 is 9.90 Å². The van der Waals surface area contributed by atoms with Crippen molar-refractivity contribution in [3.63, 3.8) is 0 Å². The number of nitrogens with one attached hydrogen (secondary N) is 1. The van der Waals surface area contributed by atoms with E-state index in [9.17, 15) is 9.90 Å². The molecule has 0 bridgehead atoms. The van der Waals surface area contributed by atoms with Crippen LogP contribution in [0.5, 0.6) is 5.75 Å². The molecule has 0 aliphatic heterocycles. The Bertz CT molecular complexity index is 654. The highest BCUT2D eigenvalue weighted by Gasteiger charge is 2.03. The van der Waals surface area contributed by atoms with Gasteiger partial charge in [0.2, 0.25) is 0 Å². The lowest BCUT2D eigenvalue weighted by Crippen LogP contribution is -2.17. The highest BCUT2D eigenvalue weighted by Crippen LogP contribution is 2.19. The summed E-state index contributed by atoms with van der Waals surface area (Å²) in [6.45, 7) is 0. The lowest BCUT2D eigenvalue weighted by Gasteiger charge is -2.01. The van der Waals surface area contributed by atoms with E-state index in [1.54, 1.807) is 36.4 Å². The molecule has 0 aliphatic carbocycles. The van der Waals surface area contributed by atoms with Crippen LogP contribution in [0.25, 0.3) is 0 Å². The molecule has 0 aliphatic rings. The molecule has 0 unspecified atom stereocenters. The van der Waals surface area contributed by atoms with Crippen LogP contribution >= 0.6 is 15.9 Å². The molecule has 102 valence electrons. The van der Waals surface area contributed by atoms with Crippen molar-refractivity contribution in [3.8, 4) is 5.75 Å². The predicted octanol–water partition coefficient (Wildman–Crippen LogP) is 2.50. The number of nitrogens with two attached hydrogens (primary N) is 1. The summed E-state index contributed by atoms with van der Waals surface area (Å²) in [5, 5.41) is 13.4. The van der Waals surface area contributed by atoms with Gasteiger partial charge in [-0.1, -0.05) is 15.9 Å². The molecule has 0 heterocycles. The highest BCUT2D eigenvalue weighted by molar-refractivity contribution is 9.10. The predicted molar refractivity (Wildman–Crippen MR) is 81.7 cm³/mol. The quantitative estimate of drug-likeness (QED) is 0.458. The molecule has 0 spiro atoms. The standard InChI is InChI=1S/C14H12BrN3O2/c15-11-3-6-13(19)10(7-11)8-17-18-14(20)9-1-4-12(16)5-2-9/h1-8,19H,16H2,(H,18,20)/b17-8+. The Kier molecular flexibility index (Phi) is 4.37. The number of benzene rings is 2. The van der Waals surface area contributed by atoms with E-state index in [1.807, 2.05) is 0 Å². The molecule has 4 N–H and O–H groups in total. The van der Waals surface area contributed by atoms with Crippen LogP contribution in [-0.2, 0) is 0 Å². The van der Waals surface area contributed by atoms with Gasteiger partial charge in [0.25, 0.3) is 5.91 Å². The van der Waals surface area contributed by atoms with Crippen LogP contribution in [0.2, 0.25) is 0 Å². The average molecular weight is 334 g/mol. The van der Waals surface area contributed by atoms with E-state index in [1.165, 1.54) is 12.3 Å². The van der Waals surface area contributed by atoms with Crippen LogP contribution in [-0.4, -0.2) is 17.2 Å². The number of anilines is 1. The first kappa shape index (κ1) is 14.1. The van der Waals surface area contributed by atoms with Crippen LogP contribution < -0.4 is 11.2 Å². The van der Waals surface area contributed by atoms with E-state index >= 15 is 0 Å². The Balaban J connectivity index is 2.04. The number of phenolic OH excluding ortho intramolecular Hbond substituents is 1. The van der Waals surface area contributed by atoms with Crippen molar-refractivity contribution in [1.82, 2.24) is 5.43 Å². The Morgan fingerprint density at radius 3 is 2.65 bits per heavy atom. The smallest absolute Gasteiger partial charge is 0.271 e. The third-order valence-electron chi connectivity index (χ3n) is 2.53. The van der Waals surface area contributed by atoms with Crippen molar-refractivity contribution in [1.29, 1.82) is 0 Å². The molecule has 2 aromatic carbocycles. The number of amides is 1. The van der Waals surface area contributed by atoms with Gasteiger partial charge in [-0.2, -0.15) is 5.10 Å². The van der Waals surface area contributed by atoms with Crippen molar-refractivity contribution in [2.45, 2.75) is 0 Å². The zero-order valence-electron chi connectivity index (χ0n) is 10.4. The molecule has 6 heteroatoms. The van der Waals surface area contributed by atoms with E-state index in [0.717, 1.165) is 4.47 Å². The third kappa shape index (κ3) is 3.58. The highest BCUT2D eigenvalue weighted by atomic mass is 79.9. The average Bonchev–Trinajstić information content (AvgIpc) is 2.43. The number of carbonyl (C=O) groups excluding carboxylic acids is 1. The molecule has 20 heavy (non-hydrogen) atoms. The van der Waals surface area contributed by atoms with Crippen LogP contribution in [0.4, 0.5) is 5.69 Å². The Hall–Kier alpha value is -2.34. The van der Waals surface area contributed by atoms with E-state index in [0.29, 0.717) is 16.8 Å². The molecule has 2 rings (SSSR count). The lowest BCUT2D eigenvalue weighted by molar-refractivity contribution is 0.0955. The monoisotopic (exact) mass is 333 g/mol. The minimum absolute atomic E-state index is 0.0821. The summed E-state index contributed by atoms with van der Waals surface area (Å²) in [4.78, 5) is 11.8. The first-order valence-corrected chi connectivity index (χ1v) is 6.53. The summed E-state index contributed by atoms with van der Waals surface area (Å²) in [5.74, 6) is -0.269. The zero-order chi connectivity index (χ0) is 14.5. The molecule has 2 aromatic rings. The number of carbonyl (C=O) groups is 1. The Morgan fingerprint density at radius 2 is 1.95 bits per heavy atom. The first-order chi connectivity index (χ1) is 9.56. The van der Waals surface area contributed by atoms with Crippen molar-refractivity contribution in [2.75, 3.05) is 5.73 Å². The Labute approximate surface area is 124 Å². The number of hydrogen-bond donors (Lipinski definition) is 3. The normalized spacial score (nSPS) is 10.7. The molecular weight excluding hydrogens is 322 g/mol. The van der Waals surface area contributed by atoms with Gasteiger partial charge >= 0.3 is 0 Å². The molecule has 0 aromatic heterocycles. The maximum atomic E-state index is 11.8. The summed E-state index contributed by atoms with van der Waals surface area (Å²) in [5.41, 5.74) is 9.45. The van der Waals surface area contributed by atoms with Crippen LogP contribution in [0.1, 0.15) is 15.9 Å². The van der Waals surface area contributed by atoms with Gasteiger partial charge < -0.3 is 10.8 Å². The second-order valence-corrected chi connectivity index (χ2v) is 4.94. The molecule has 0 fully saturated rings. The van der Waals surface area contributed by atoms with Crippen molar-refractivity contribution >= 4 is 33.7 Å². The molecule has 0 saturated heterocycles. The van der Waals surface area contributed by atoms with Gasteiger partial charge in [-0.3, -0.25) is 4.79 Å². The molecule has 0 atom stereocenters. The zero-order valence-corrected chi connectivity index (χ0v) is 12.0. The summed E-state index contributed by atoms with van der Waals surface area (Å²) < 4.78 is 0.807. The van der Waals surface area contributed by atoms with Crippen LogP contribution in [0.3, 0.4) is 0 Å². The topological polar surface area (TPSA) is 87.7 Å². The van der Waals surface area contributed by atoms with Crippen LogP contribution in [0, 0.1) is 0 Å². The Morgan fingerprint density at radius 1 is 1.25 bits per heavy atom. The molecular formula is C14H12BrN3O2. The first-order valence-electron chi connectivity index (χ1n) is 5.74. The van der Waals surface area contributed by atoms with Crippen molar-refractivity contribution in [3.05, 3.63) is 58.1 Å². The number of hydrazone groups is 1. The second kappa shape index (κ2) is 6.21. The van der Waals surface area contributed by atoms with E-state index in [-0.39, 0.29) is 11.7 Å². The van der Waals surface area contributed by atoms with Crippen LogP contribution in [0.15, 0.2) is 52.0 Å². The lowest BCUT2D eigenvalue weighted by atomic mass is 10.2. The van der Waals surface area contributed by atoms with Gasteiger partial charge in [-0.25, -0.2) is 5.43 Å². The SMILES string of the molecule is Nc1ccc(C(=O)N/N=C/c2cc(Br)ccc2O)cc1. The number of nitrogens with zero attached hydrogens (tertiary/aromatic N) is 1. The maximum absolute atomic E-state index is 11.8. The number of hydrogen-bond acceptors (Lipinski definition) is 4. The fourth-order valence-electron chi connectivity index (χ4n) is 1.49. The summed E-state index contributed by atoms with van der Waals surface area (Å²) in [6.07, 6.45) is 1.37. The number of nitrogen functional groups attached to an aromatic ring is 1.